The highest BCUT2D eigenvalue weighted by molar-refractivity contribution is 5.22. The summed E-state index contributed by atoms with van der Waals surface area (Å²) in [6.45, 7) is 8.14. The molecule has 1 N–H and O–H groups in total. The van der Waals surface area contributed by atoms with Gasteiger partial charge in [0.05, 0.1) is 12.7 Å². The Hall–Kier alpha value is -1.75. The number of nitrogens with zero attached hydrogens (tertiary/aromatic N) is 2. The fourth-order valence-corrected chi connectivity index (χ4v) is 2.15. The van der Waals surface area contributed by atoms with Crippen molar-refractivity contribution in [3.63, 3.8) is 0 Å². The van der Waals surface area contributed by atoms with Crippen molar-refractivity contribution in [1.82, 2.24) is 15.1 Å². The predicted octanol–water partition coefficient (Wildman–Crippen LogP) is 3.26. The minimum Gasteiger partial charge on any atom is -0.312 e. The number of hydrogen-bond donors (Lipinski definition) is 1. The molecule has 0 aliphatic heterocycles. The predicted molar refractivity (Wildman–Crippen MR) is 79.0 cm³/mol. The monoisotopic (exact) mass is 293 g/mol. The van der Waals surface area contributed by atoms with Crippen LogP contribution in [0.4, 0.5) is 8.78 Å². The normalized spacial score (nSPS) is 11.3. The first-order valence-electron chi connectivity index (χ1n) is 7.14. The Labute approximate surface area is 124 Å². The summed E-state index contributed by atoms with van der Waals surface area (Å²) in [6, 6.07) is 4.21. The zero-order valence-electron chi connectivity index (χ0n) is 12.7. The van der Waals surface area contributed by atoms with Gasteiger partial charge >= 0.3 is 0 Å². The first kappa shape index (κ1) is 15.6. The van der Waals surface area contributed by atoms with Crippen LogP contribution in [0.15, 0.2) is 24.4 Å². The minimum atomic E-state index is -0.823. The van der Waals surface area contributed by atoms with Gasteiger partial charge in [0.25, 0.3) is 0 Å². The summed E-state index contributed by atoms with van der Waals surface area (Å²) in [6.07, 6.45) is 1.78. The molecule has 5 heteroatoms. The second kappa shape index (κ2) is 6.80. The van der Waals surface area contributed by atoms with Crippen molar-refractivity contribution >= 4 is 0 Å². The van der Waals surface area contributed by atoms with Gasteiger partial charge in [-0.05, 0) is 25.5 Å². The van der Waals surface area contributed by atoms with Crippen molar-refractivity contribution < 1.29 is 8.78 Å². The number of halogens is 2. The van der Waals surface area contributed by atoms with E-state index in [1.54, 1.807) is 16.9 Å². The van der Waals surface area contributed by atoms with Crippen LogP contribution >= 0.6 is 0 Å². The van der Waals surface area contributed by atoms with Gasteiger partial charge in [0, 0.05) is 23.4 Å². The summed E-state index contributed by atoms with van der Waals surface area (Å²) in [5, 5.41) is 7.62. The largest absolute Gasteiger partial charge is 0.312 e. The van der Waals surface area contributed by atoms with Gasteiger partial charge in [-0.3, -0.25) is 4.68 Å². The fraction of sp³-hybridized carbons (Fsp3) is 0.438. The Morgan fingerprint density at radius 3 is 2.71 bits per heavy atom. The van der Waals surface area contributed by atoms with Crippen LogP contribution in [0.2, 0.25) is 0 Å². The molecule has 2 aromatic rings. The Kier molecular flexibility index (Phi) is 5.07. The summed E-state index contributed by atoms with van der Waals surface area (Å²) in [4.78, 5) is 0. The Morgan fingerprint density at radius 2 is 2.00 bits per heavy atom. The molecule has 0 spiro atoms. The van der Waals surface area contributed by atoms with Crippen LogP contribution < -0.4 is 5.32 Å². The van der Waals surface area contributed by atoms with Crippen LogP contribution in [0.5, 0.6) is 0 Å². The molecule has 0 unspecified atom stereocenters. The van der Waals surface area contributed by atoms with Crippen LogP contribution in [0.1, 0.15) is 30.7 Å². The highest BCUT2D eigenvalue weighted by atomic mass is 19.2. The molecule has 0 atom stereocenters. The summed E-state index contributed by atoms with van der Waals surface area (Å²) >= 11 is 0. The summed E-state index contributed by atoms with van der Waals surface area (Å²) in [7, 11) is 0. The van der Waals surface area contributed by atoms with Gasteiger partial charge in [0.15, 0.2) is 11.6 Å². The molecular formula is C16H21F2N3. The molecule has 0 aliphatic carbocycles. The Morgan fingerprint density at radius 1 is 1.24 bits per heavy atom. The average molecular weight is 293 g/mol. The third-order valence-electron chi connectivity index (χ3n) is 3.42. The van der Waals surface area contributed by atoms with E-state index in [4.69, 9.17) is 0 Å². The number of aromatic nitrogens is 2. The summed E-state index contributed by atoms with van der Waals surface area (Å²) in [5.74, 6) is -1.04. The quantitative estimate of drug-likeness (QED) is 0.886. The maximum absolute atomic E-state index is 13.7. The molecular weight excluding hydrogens is 272 g/mol. The van der Waals surface area contributed by atoms with E-state index < -0.39 is 11.6 Å². The summed E-state index contributed by atoms with van der Waals surface area (Å²) in [5.41, 5.74) is 2.35. The maximum atomic E-state index is 13.7. The van der Waals surface area contributed by atoms with Crippen molar-refractivity contribution in [2.24, 2.45) is 5.92 Å². The molecule has 114 valence electrons. The Balaban J connectivity index is 2.08. The lowest BCUT2D eigenvalue weighted by molar-refractivity contribution is 0.490. The van der Waals surface area contributed by atoms with Crippen LogP contribution in [0.3, 0.4) is 0 Å². The van der Waals surface area contributed by atoms with Gasteiger partial charge in [0.2, 0.25) is 0 Å². The molecule has 1 heterocycles. The molecule has 0 aliphatic rings. The molecule has 0 amide bonds. The van der Waals surface area contributed by atoms with Crippen molar-refractivity contribution in [3.05, 3.63) is 52.9 Å². The van der Waals surface area contributed by atoms with E-state index >= 15 is 0 Å². The maximum Gasteiger partial charge on any atom is 0.163 e. The van der Waals surface area contributed by atoms with Gasteiger partial charge in [0.1, 0.15) is 0 Å². The zero-order valence-corrected chi connectivity index (χ0v) is 12.7. The van der Waals surface area contributed by atoms with Crippen LogP contribution in [0, 0.1) is 24.5 Å². The molecule has 3 nitrogen and oxygen atoms in total. The van der Waals surface area contributed by atoms with Gasteiger partial charge < -0.3 is 5.32 Å². The molecule has 0 saturated heterocycles. The van der Waals surface area contributed by atoms with E-state index in [2.05, 4.69) is 24.3 Å². The van der Waals surface area contributed by atoms with Gasteiger partial charge in [-0.25, -0.2) is 8.78 Å². The second-order valence-corrected chi connectivity index (χ2v) is 5.65. The molecule has 0 saturated carbocycles. The van der Waals surface area contributed by atoms with Crippen molar-refractivity contribution in [2.75, 3.05) is 6.54 Å². The van der Waals surface area contributed by atoms with Crippen molar-refractivity contribution in [3.8, 4) is 0 Å². The van der Waals surface area contributed by atoms with Gasteiger partial charge in [-0.2, -0.15) is 5.10 Å². The molecule has 0 radical (unpaired) electrons. The van der Waals surface area contributed by atoms with Crippen LogP contribution in [-0.4, -0.2) is 16.3 Å². The highest BCUT2D eigenvalue weighted by Gasteiger charge is 2.11. The number of nitrogens with one attached hydrogen (secondary N) is 1. The fourth-order valence-electron chi connectivity index (χ4n) is 2.15. The van der Waals surface area contributed by atoms with Crippen molar-refractivity contribution in [1.29, 1.82) is 0 Å². The molecule has 0 fully saturated rings. The molecule has 2 rings (SSSR count). The topological polar surface area (TPSA) is 29.9 Å². The van der Waals surface area contributed by atoms with Crippen molar-refractivity contribution in [2.45, 2.75) is 33.9 Å². The Bertz CT molecular complexity index is 606. The van der Waals surface area contributed by atoms with E-state index in [0.717, 1.165) is 30.4 Å². The average Bonchev–Trinajstić information content (AvgIpc) is 2.76. The first-order chi connectivity index (χ1) is 9.99. The lowest BCUT2D eigenvalue weighted by Gasteiger charge is -2.09. The number of hydrogen-bond acceptors (Lipinski definition) is 2. The standard InChI is InChI=1S/C16H21F2N3/c1-11(2)7-19-8-14-9-20-21(12(14)3)10-13-5-4-6-15(17)16(13)18/h4-6,9,11,19H,7-8,10H2,1-3H3. The number of rotatable bonds is 6. The second-order valence-electron chi connectivity index (χ2n) is 5.65. The molecule has 21 heavy (non-hydrogen) atoms. The van der Waals surface area contributed by atoms with Gasteiger partial charge in [-0.1, -0.05) is 26.0 Å². The molecule has 1 aromatic heterocycles. The smallest absolute Gasteiger partial charge is 0.163 e. The van der Waals surface area contributed by atoms with E-state index in [1.165, 1.54) is 6.07 Å². The third kappa shape index (κ3) is 3.88. The lowest BCUT2D eigenvalue weighted by atomic mass is 10.2. The SMILES string of the molecule is Cc1c(CNCC(C)C)cnn1Cc1cccc(F)c1F. The van der Waals surface area contributed by atoms with Gasteiger partial charge in [-0.15, -0.1) is 0 Å². The third-order valence-corrected chi connectivity index (χ3v) is 3.42. The molecule has 1 aromatic carbocycles. The highest BCUT2D eigenvalue weighted by Crippen LogP contribution is 2.15. The van der Waals surface area contributed by atoms with E-state index in [-0.39, 0.29) is 6.54 Å². The van der Waals surface area contributed by atoms with Crippen LogP contribution in [0.25, 0.3) is 0 Å². The number of benzene rings is 1. The minimum absolute atomic E-state index is 0.236. The van der Waals surface area contributed by atoms with E-state index in [9.17, 15) is 8.78 Å². The van der Waals surface area contributed by atoms with E-state index in [0.29, 0.717) is 11.5 Å². The summed E-state index contributed by atoms with van der Waals surface area (Å²) < 4.78 is 28.6. The first-order valence-corrected chi connectivity index (χ1v) is 7.14. The lowest BCUT2D eigenvalue weighted by Crippen LogP contribution is -2.19. The molecule has 0 bridgehead atoms. The van der Waals surface area contributed by atoms with E-state index in [1.807, 2.05) is 6.92 Å². The zero-order chi connectivity index (χ0) is 15.4. The van der Waals surface area contributed by atoms with Crippen LogP contribution in [-0.2, 0) is 13.1 Å².